The second kappa shape index (κ2) is 7.49. The number of rotatable bonds is 5. The minimum atomic E-state index is 0.273. The van der Waals surface area contributed by atoms with Crippen molar-refractivity contribution >= 4 is 5.95 Å². The second-order valence-electron chi connectivity index (χ2n) is 7.16. The summed E-state index contributed by atoms with van der Waals surface area (Å²) in [5.74, 6) is 0.726. The lowest BCUT2D eigenvalue weighted by molar-refractivity contribution is -0.959. The Hall–Kier alpha value is -1.99. The number of nitrogens with one attached hydrogen (secondary N) is 2. The number of quaternary nitrogens is 1. The van der Waals surface area contributed by atoms with Gasteiger partial charge in [-0.25, -0.2) is 0 Å². The molecule has 0 amide bonds. The molecule has 0 spiro atoms. The van der Waals surface area contributed by atoms with Crippen LogP contribution >= 0.6 is 0 Å². The van der Waals surface area contributed by atoms with Crippen LogP contribution in [0.3, 0.4) is 0 Å². The van der Waals surface area contributed by atoms with E-state index in [2.05, 4.69) is 20.8 Å². The summed E-state index contributed by atoms with van der Waals surface area (Å²) in [4.78, 5) is 1.68. The zero-order chi connectivity index (χ0) is 17.0. The van der Waals surface area contributed by atoms with Crippen molar-refractivity contribution in [1.29, 1.82) is 0 Å². The van der Waals surface area contributed by atoms with Crippen molar-refractivity contribution in [3.05, 3.63) is 30.3 Å². The average molecular weight is 343 g/mol. The Morgan fingerprint density at radius 2 is 1.84 bits per heavy atom. The fraction of sp³-hybridized carbons (Fsp3) is 0.611. The molecule has 2 fully saturated rings. The van der Waals surface area contributed by atoms with Gasteiger partial charge in [-0.15, -0.1) is 0 Å². The Morgan fingerprint density at radius 1 is 1.08 bits per heavy atom. The smallest absolute Gasteiger partial charge is 0.247 e. The van der Waals surface area contributed by atoms with Gasteiger partial charge in [0.05, 0.1) is 25.4 Å². The van der Waals surface area contributed by atoms with E-state index in [0.717, 1.165) is 44.5 Å². The summed E-state index contributed by atoms with van der Waals surface area (Å²) in [6.07, 6.45) is 6.52. The predicted octanol–water partition coefficient (Wildman–Crippen LogP) is 0.692. The molecule has 7 nitrogen and oxygen atoms in total. The van der Waals surface area contributed by atoms with Crippen molar-refractivity contribution in [3.8, 4) is 5.69 Å². The minimum absolute atomic E-state index is 0.273. The maximum atomic E-state index is 5.59. The lowest BCUT2D eigenvalue weighted by atomic mass is 9.80. The van der Waals surface area contributed by atoms with Gasteiger partial charge in [0.25, 0.3) is 0 Å². The van der Waals surface area contributed by atoms with E-state index in [1.807, 2.05) is 30.3 Å². The summed E-state index contributed by atoms with van der Waals surface area (Å²) in [6.45, 7) is 4.86. The summed E-state index contributed by atoms with van der Waals surface area (Å²) in [5, 5.41) is 15.8. The van der Waals surface area contributed by atoms with Gasteiger partial charge in [0.2, 0.25) is 5.95 Å². The highest BCUT2D eigenvalue weighted by Crippen LogP contribution is 2.26. The standard InChI is InChI=1S/C18H26N6O/c1-3-7-16(8-4-1)24-17(20-21-22-24)19-15-18(9-5-2-6-10-18)23-11-13-25-14-12-23/h1,3-4,7-8H,2,5-6,9-15H2,(H,19,20,22)/p+1. The summed E-state index contributed by atoms with van der Waals surface area (Å²) in [7, 11) is 0. The van der Waals surface area contributed by atoms with Crippen LogP contribution in [0.2, 0.25) is 0 Å². The molecule has 0 radical (unpaired) electrons. The number of aromatic nitrogens is 4. The molecule has 0 unspecified atom stereocenters. The first kappa shape index (κ1) is 16.5. The van der Waals surface area contributed by atoms with Gasteiger partial charge in [0.1, 0.15) is 18.6 Å². The van der Waals surface area contributed by atoms with Gasteiger partial charge >= 0.3 is 0 Å². The molecule has 1 saturated heterocycles. The molecular formula is C18H27N6O+. The molecule has 4 rings (SSSR count). The van der Waals surface area contributed by atoms with Crippen LogP contribution in [-0.4, -0.2) is 58.6 Å². The van der Waals surface area contributed by atoms with Crippen LogP contribution in [0.1, 0.15) is 32.1 Å². The number of tetrazole rings is 1. The number of benzene rings is 1. The monoisotopic (exact) mass is 343 g/mol. The summed E-state index contributed by atoms with van der Waals surface area (Å²) in [5.41, 5.74) is 1.25. The first-order chi connectivity index (χ1) is 12.4. The van der Waals surface area contributed by atoms with Crippen molar-refractivity contribution in [2.45, 2.75) is 37.6 Å². The molecule has 1 aliphatic carbocycles. The van der Waals surface area contributed by atoms with Gasteiger partial charge in [-0.1, -0.05) is 29.7 Å². The van der Waals surface area contributed by atoms with Gasteiger partial charge in [-0.05, 0) is 35.4 Å². The van der Waals surface area contributed by atoms with E-state index < -0.39 is 0 Å². The first-order valence-electron chi connectivity index (χ1n) is 9.38. The summed E-state index contributed by atoms with van der Waals surface area (Å²) >= 11 is 0. The van der Waals surface area contributed by atoms with E-state index in [1.165, 1.54) is 32.1 Å². The Kier molecular flexibility index (Phi) is 4.94. The highest BCUT2D eigenvalue weighted by molar-refractivity contribution is 5.38. The van der Waals surface area contributed by atoms with E-state index in [-0.39, 0.29) is 5.54 Å². The fourth-order valence-electron chi connectivity index (χ4n) is 4.32. The highest BCUT2D eigenvalue weighted by Gasteiger charge is 2.42. The third-order valence-electron chi connectivity index (χ3n) is 5.71. The molecule has 1 aromatic heterocycles. The van der Waals surface area contributed by atoms with E-state index in [9.17, 15) is 0 Å². The summed E-state index contributed by atoms with van der Waals surface area (Å²) in [6, 6.07) is 10.0. The van der Waals surface area contributed by atoms with Crippen molar-refractivity contribution in [2.24, 2.45) is 0 Å². The van der Waals surface area contributed by atoms with Gasteiger partial charge in [0, 0.05) is 12.8 Å². The quantitative estimate of drug-likeness (QED) is 0.836. The zero-order valence-corrected chi connectivity index (χ0v) is 14.7. The topological polar surface area (TPSA) is 69.3 Å². The van der Waals surface area contributed by atoms with Crippen molar-refractivity contribution < 1.29 is 9.64 Å². The molecule has 0 atom stereocenters. The zero-order valence-electron chi connectivity index (χ0n) is 14.7. The third-order valence-corrected chi connectivity index (χ3v) is 5.71. The number of ether oxygens (including phenoxy) is 1. The predicted molar refractivity (Wildman–Crippen MR) is 95.0 cm³/mol. The molecule has 0 bridgehead atoms. The Morgan fingerprint density at radius 3 is 2.60 bits per heavy atom. The molecular weight excluding hydrogens is 316 g/mol. The SMILES string of the molecule is c1ccc(-n2nnnc2NCC2([NH+]3CCOCC3)CCCCC2)cc1. The van der Waals surface area contributed by atoms with Crippen LogP contribution in [0.4, 0.5) is 5.95 Å². The molecule has 2 aliphatic rings. The number of anilines is 1. The van der Waals surface area contributed by atoms with Crippen LogP contribution in [0.25, 0.3) is 5.69 Å². The lowest BCUT2D eigenvalue weighted by Crippen LogP contribution is -3.22. The lowest BCUT2D eigenvalue weighted by Gasteiger charge is -2.45. The second-order valence-corrected chi connectivity index (χ2v) is 7.16. The number of hydrogen-bond donors (Lipinski definition) is 2. The van der Waals surface area contributed by atoms with Crippen molar-refractivity contribution in [1.82, 2.24) is 20.2 Å². The van der Waals surface area contributed by atoms with Crippen LogP contribution in [-0.2, 0) is 4.74 Å². The van der Waals surface area contributed by atoms with Gasteiger partial charge in [0.15, 0.2) is 0 Å². The Balaban J connectivity index is 1.51. The van der Waals surface area contributed by atoms with Crippen LogP contribution < -0.4 is 10.2 Å². The van der Waals surface area contributed by atoms with Crippen LogP contribution in [0, 0.1) is 0 Å². The highest BCUT2D eigenvalue weighted by atomic mass is 16.5. The number of nitrogens with zero attached hydrogens (tertiary/aromatic N) is 4. The maximum Gasteiger partial charge on any atom is 0.247 e. The van der Waals surface area contributed by atoms with Crippen molar-refractivity contribution in [2.75, 3.05) is 38.2 Å². The van der Waals surface area contributed by atoms with E-state index in [1.54, 1.807) is 9.58 Å². The molecule has 25 heavy (non-hydrogen) atoms. The molecule has 1 aliphatic heterocycles. The summed E-state index contributed by atoms with van der Waals surface area (Å²) < 4.78 is 7.37. The molecule has 7 heteroatoms. The minimum Gasteiger partial charge on any atom is -0.370 e. The Labute approximate surface area is 148 Å². The van der Waals surface area contributed by atoms with E-state index >= 15 is 0 Å². The molecule has 2 N–H and O–H groups in total. The molecule has 1 saturated carbocycles. The number of para-hydroxylation sites is 1. The normalized spacial score (nSPS) is 21.1. The average Bonchev–Trinajstić information content (AvgIpc) is 3.17. The van der Waals surface area contributed by atoms with E-state index in [0.29, 0.717) is 0 Å². The fourth-order valence-corrected chi connectivity index (χ4v) is 4.32. The molecule has 2 aromatic rings. The van der Waals surface area contributed by atoms with Crippen molar-refractivity contribution in [3.63, 3.8) is 0 Å². The van der Waals surface area contributed by atoms with Gasteiger partial charge in [-0.2, -0.15) is 4.68 Å². The van der Waals surface area contributed by atoms with Crippen LogP contribution in [0.5, 0.6) is 0 Å². The first-order valence-corrected chi connectivity index (χ1v) is 9.38. The molecule has 1 aromatic carbocycles. The largest absolute Gasteiger partial charge is 0.370 e. The Bertz CT molecular complexity index is 661. The molecule has 134 valence electrons. The third kappa shape index (κ3) is 3.52. The van der Waals surface area contributed by atoms with Gasteiger partial charge < -0.3 is 15.0 Å². The number of hydrogen-bond acceptors (Lipinski definition) is 5. The maximum absolute atomic E-state index is 5.59. The van der Waals surface area contributed by atoms with Crippen LogP contribution in [0.15, 0.2) is 30.3 Å². The molecule has 2 heterocycles. The van der Waals surface area contributed by atoms with Gasteiger partial charge in [-0.3, -0.25) is 0 Å². The number of morpholine rings is 1. The van der Waals surface area contributed by atoms with E-state index in [4.69, 9.17) is 4.74 Å².